The summed E-state index contributed by atoms with van der Waals surface area (Å²) >= 11 is 0. The van der Waals surface area contributed by atoms with Crippen LogP contribution in [0.15, 0.2) is 0 Å². The molecule has 0 radical (unpaired) electrons. The molecule has 6 heteroatoms. The highest BCUT2D eigenvalue weighted by Crippen LogP contribution is 2.21. The van der Waals surface area contributed by atoms with Gasteiger partial charge >= 0.3 is 0 Å². The number of aliphatic hydroxyl groups excluding tert-OH is 1. The highest BCUT2D eigenvalue weighted by atomic mass is 32.2. The van der Waals surface area contributed by atoms with E-state index in [9.17, 15) is 8.42 Å². The fourth-order valence-corrected chi connectivity index (χ4v) is 3.94. The first-order chi connectivity index (χ1) is 8.56. The van der Waals surface area contributed by atoms with Gasteiger partial charge in [-0.15, -0.1) is 0 Å². The van der Waals surface area contributed by atoms with E-state index in [2.05, 4.69) is 6.92 Å². The van der Waals surface area contributed by atoms with Crippen LogP contribution >= 0.6 is 0 Å². The Morgan fingerprint density at radius 1 is 1.28 bits per heavy atom. The number of unbranched alkanes of at least 4 members (excludes halogenated alkanes) is 1. The molecule has 1 aliphatic heterocycles. The summed E-state index contributed by atoms with van der Waals surface area (Å²) in [5.74, 6) is 0.266. The third kappa shape index (κ3) is 3.91. The Morgan fingerprint density at radius 3 is 2.33 bits per heavy atom. The van der Waals surface area contributed by atoms with E-state index in [-0.39, 0.29) is 12.5 Å². The van der Waals surface area contributed by atoms with Crippen molar-refractivity contribution in [2.45, 2.75) is 39.5 Å². The average Bonchev–Trinajstić information content (AvgIpc) is 2.39. The van der Waals surface area contributed by atoms with E-state index in [0.29, 0.717) is 26.2 Å². The number of hydrogen-bond donors (Lipinski definition) is 1. The summed E-state index contributed by atoms with van der Waals surface area (Å²) in [5.41, 5.74) is 0. The molecule has 1 rings (SSSR count). The van der Waals surface area contributed by atoms with Gasteiger partial charge in [0.15, 0.2) is 0 Å². The molecule has 0 saturated carbocycles. The first kappa shape index (κ1) is 15.9. The van der Waals surface area contributed by atoms with E-state index in [1.807, 2.05) is 6.92 Å². The van der Waals surface area contributed by atoms with E-state index < -0.39 is 10.2 Å². The molecule has 0 aromatic rings. The summed E-state index contributed by atoms with van der Waals surface area (Å²) in [6.07, 6.45) is 3.43. The van der Waals surface area contributed by atoms with Crippen LogP contribution in [0.25, 0.3) is 0 Å². The van der Waals surface area contributed by atoms with E-state index in [0.717, 1.165) is 25.7 Å². The topological polar surface area (TPSA) is 60.9 Å². The fraction of sp³-hybridized carbons (Fsp3) is 1.00. The van der Waals surface area contributed by atoms with Crippen molar-refractivity contribution < 1.29 is 13.5 Å². The number of hydrogen-bond acceptors (Lipinski definition) is 3. The zero-order valence-corrected chi connectivity index (χ0v) is 12.3. The Hall–Kier alpha value is -0.170. The Morgan fingerprint density at radius 2 is 1.89 bits per heavy atom. The van der Waals surface area contributed by atoms with Crippen molar-refractivity contribution in [3.8, 4) is 0 Å². The molecular weight excluding hydrogens is 252 g/mol. The maximum Gasteiger partial charge on any atom is 0.281 e. The van der Waals surface area contributed by atoms with Crippen molar-refractivity contribution in [3.05, 3.63) is 0 Å². The zero-order valence-electron chi connectivity index (χ0n) is 11.5. The molecule has 18 heavy (non-hydrogen) atoms. The average molecular weight is 278 g/mol. The van der Waals surface area contributed by atoms with Crippen LogP contribution in [-0.2, 0) is 10.2 Å². The third-order valence-electron chi connectivity index (χ3n) is 3.60. The van der Waals surface area contributed by atoms with Crippen molar-refractivity contribution >= 4 is 10.2 Å². The van der Waals surface area contributed by atoms with E-state index in [1.54, 1.807) is 8.61 Å². The lowest BCUT2D eigenvalue weighted by Crippen LogP contribution is -2.47. The molecule has 1 aliphatic rings. The monoisotopic (exact) mass is 278 g/mol. The Bertz CT molecular complexity index is 324. The standard InChI is InChI=1S/C12H26N2O3S/c1-3-5-8-13(4-2)18(16,17)14-9-6-12(11-15)7-10-14/h12,15H,3-11H2,1-2H3. The maximum absolute atomic E-state index is 12.4. The molecule has 1 heterocycles. The second-order valence-electron chi connectivity index (χ2n) is 4.88. The van der Waals surface area contributed by atoms with Crippen LogP contribution < -0.4 is 0 Å². The minimum absolute atomic E-state index is 0.168. The third-order valence-corrected chi connectivity index (χ3v) is 5.71. The van der Waals surface area contributed by atoms with Gasteiger partial charge in [0.05, 0.1) is 0 Å². The largest absolute Gasteiger partial charge is 0.396 e. The molecule has 0 aromatic carbocycles. The van der Waals surface area contributed by atoms with E-state index in [1.165, 1.54) is 0 Å². The van der Waals surface area contributed by atoms with Gasteiger partial charge < -0.3 is 5.11 Å². The molecule has 5 nitrogen and oxygen atoms in total. The summed E-state index contributed by atoms with van der Waals surface area (Å²) in [6, 6.07) is 0. The van der Waals surface area contributed by atoms with Crippen LogP contribution in [0.5, 0.6) is 0 Å². The zero-order chi connectivity index (χ0) is 13.6. The smallest absolute Gasteiger partial charge is 0.281 e. The molecule has 108 valence electrons. The van der Waals surface area contributed by atoms with Crippen molar-refractivity contribution in [3.63, 3.8) is 0 Å². The Kier molecular flexibility index (Phi) is 6.55. The van der Waals surface area contributed by atoms with Gasteiger partial charge in [0.1, 0.15) is 0 Å². The lowest BCUT2D eigenvalue weighted by Gasteiger charge is -2.34. The van der Waals surface area contributed by atoms with Gasteiger partial charge in [0.2, 0.25) is 0 Å². The van der Waals surface area contributed by atoms with E-state index in [4.69, 9.17) is 5.11 Å². The number of aliphatic hydroxyl groups is 1. The predicted molar refractivity (Wildman–Crippen MR) is 72.5 cm³/mol. The molecule has 0 amide bonds. The maximum atomic E-state index is 12.4. The Labute approximate surface area is 111 Å². The minimum atomic E-state index is -3.29. The van der Waals surface area contributed by atoms with Crippen LogP contribution in [0, 0.1) is 5.92 Å². The lowest BCUT2D eigenvalue weighted by molar-refractivity contribution is 0.166. The number of piperidine rings is 1. The van der Waals surface area contributed by atoms with Crippen molar-refractivity contribution in [1.82, 2.24) is 8.61 Å². The summed E-state index contributed by atoms with van der Waals surface area (Å²) in [5, 5.41) is 9.07. The second-order valence-corrected chi connectivity index (χ2v) is 6.81. The molecule has 0 bridgehead atoms. The van der Waals surface area contributed by atoms with Crippen molar-refractivity contribution in [2.24, 2.45) is 5.92 Å². The summed E-state index contributed by atoms with van der Waals surface area (Å²) in [4.78, 5) is 0. The second kappa shape index (κ2) is 7.43. The molecule has 1 fully saturated rings. The highest BCUT2D eigenvalue weighted by Gasteiger charge is 2.31. The van der Waals surface area contributed by atoms with Crippen LogP contribution in [0.4, 0.5) is 0 Å². The fourth-order valence-electron chi connectivity index (χ4n) is 2.26. The van der Waals surface area contributed by atoms with Crippen LogP contribution in [0.2, 0.25) is 0 Å². The van der Waals surface area contributed by atoms with Gasteiger partial charge in [-0.3, -0.25) is 0 Å². The number of rotatable bonds is 7. The first-order valence-corrected chi connectivity index (χ1v) is 8.32. The molecule has 0 aliphatic carbocycles. The lowest BCUT2D eigenvalue weighted by atomic mass is 10.00. The number of nitrogens with zero attached hydrogens (tertiary/aromatic N) is 2. The van der Waals surface area contributed by atoms with Crippen LogP contribution in [-0.4, -0.2) is 54.9 Å². The van der Waals surface area contributed by atoms with Gasteiger partial charge in [-0.05, 0) is 25.2 Å². The summed E-state index contributed by atoms with van der Waals surface area (Å²) in [7, 11) is -3.29. The molecule has 1 saturated heterocycles. The van der Waals surface area contributed by atoms with Gasteiger partial charge in [0.25, 0.3) is 10.2 Å². The van der Waals surface area contributed by atoms with Gasteiger partial charge in [-0.25, -0.2) is 0 Å². The van der Waals surface area contributed by atoms with E-state index >= 15 is 0 Å². The van der Waals surface area contributed by atoms with Crippen molar-refractivity contribution in [2.75, 3.05) is 32.8 Å². The minimum Gasteiger partial charge on any atom is -0.396 e. The summed E-state index contributed by atoms with van der Waals surface area (Å²) < 4.78 is 27.9. The highest BCUT2D eigenvalue weighted by molar-refractivity contribution is 7.86. The van der Waals surface area contributed by atoms with Crippen LogP contribution in [0.1, 0.15) is 39.5 Å². The van der Waals surface area contributed by atoms with Gasteiger partial charge in [0, 0.05) is 32.8 Å². The van der Waals surface area contributed by atoms with Crippen LogP contribution in [0.3, 0.4) is 0 Å². The molecular formula is C12H26N2O3S. The molecule has 0 unspecified atom stereocenters. The van der Waals surface area contributed by atoms with Crippen molar-refractivity contribution in [1.29, 1.82) is 0 Å². The first-order valence-electron chi connectivity index (χ1n) is 6.92. The molecule has 0 spiro atoms. The normalized spacial score (nSPS) is 19.6. The molecule has 0 atom stereocenters. The van der Waals surface area contributed by atoms with Gasteiger partial charge in [-0.1, -0.05) is 20.3 Å². The Balaban J connectivity index is 2.62. The summed E-state index contributed by atoms with van der Waals surface area (Å²) in [6.45, 7) is 6.33. The molecule has 1 N–H and O–H groups in total. The SMILES string of the molecule is CCCCN(CC)S(=O)(=O)N1CCC(CO)CC1. The molecule has 0 aromatic heterocycles. The van der Waals surface area contributed by atoms with Gasteiger partial charge in [-0.2, -0.15) is 17.0 Å². The predicted octanol–water partition coefficient (Wildman–Crippen LogP) is 1.06. The quantitative estimate of drug-likeness (QED) is 0.757.